The number of carbonyl (C=O) groups is 1. The van der Waals surface area contributed by atoms with E-state index >= 15 is 0 Å². The predicted octanol–water partition coefficient (Wildman–Crippen LogP) is 1.73. The third kappa shape index (κ3) is 4.04. The second-order valence-electron chi connectivity index (χ2n) is 6.98. The third-order valence-electron chi connectivity index (χ3n) is 4.84. The third-order valence-corrected chi connectivity index (χ3v) is 4.84. The Morgan fingerprint density at radius 2 is 2.12 bits per heavy atom. The number of amides is 1. The van der Waals surface area contributed by atoms with Crippen molar-refractivity contribution in [3.05, 3.63) is 50.7 Å². The van der Waals surface area contributed by atoms with Gasteiger partial charge in [-0.2, -0.15) is 5.10 Å². The maximum atomic E-state index is 12.5. The maximum Gasteiger partial charge on any atom is 0.253 e. The lowest BCUT2D eigenvalue weighted by Crippen LogP contribution is -2.34. The van der Waals surface area contributed by atoms with Crippen LogP contribution in [0.1, 0.15) is 52.8 Å². The van der Waals surface area contributed by atoms with Crippen LogP contribution < -0.4 is 10.9 Å². The molecule has 2 aromatic rings. The van der Waals surface area contributed by atoms with E-state index in [0.29, 0.717) is 23.4 Å². The summed E-state index contributed by atoms with van der Waals surface area (Å²) in [5, 5.41) is 7.53. The number of pyridine rings is 1. The van der Waals surface area contributed by atoms with E-state index in [4.69, 9.17) is 0 Å². The molecule has 26 heavy (non-hydrogen) atoms. The average molecular weight is 357 g/mol. The zero-order valence-corrected chi connectivity index (χ0v) is 15.8. The van der Waals surface area contributed by atoms with Crippen molar-refractivity contribution in [2.75, 3.05) is 13.1 Å². The molecule has 3 rings (SSSR count). The highest BCUT2D eigenvalue weighted by molar-refractivity contribution is 5.96. The second-order valence-corrected chi connectivity index (χ2v) is 6.98. The standard InChI is InChI=1S/C19H27N5O2/c1-4-5-6-23-7-8-24-16(12-23)10-15(22-24)11-20-19(26)18-13(2)9-17(25)21-14(18)3/h9-10H,4-8,11-12H2,1-3H3,(H,20,26)(H,21,25). The molecule has 0 aromatic carbocycles. The topological polar surface area (TPSA) is 83.0 Å². The van der Waals surface area contributed by atoms with E-state index in [0.717, 1.165) is 31.9 Å². The van der Waals surface area contributed by atoms with Gasteiger partial charge in [-0.1, -0.05) is 13.3 Å². The minimum atomic E-state index is -0.189. The summed E-state index contributed by atoms with van der Waals surface area (Å²) in [5.74, 6) is -0.188. The van der Waals surface area contributed by atoms with Crippen LogP contribution in [0.4, 0.5) is 0 Å². The smallest absolute Gasteiger partial charge is 0.253 e. The van der Waals surface area contributed by atoms with E-state index in [2.05, 4.69) is 33.3 Å². The van der Waals surface area contributed by atoms with Gasteiger partial charge in [-0.25, -0.2) is 0 Å². The number of nitrogens with zero attached hydrogens (tertiary/aromatic N) is 3. The fourth-order valence-electron chi connectivity index (χ4n) is 3.50. The van der Waals surface area contributed by atoms with Crippen molar-refractivity contribution in [3.8, 4) is 0 Å². The van der Waals surface area contributed by atoms with Crippen molar-refractivity contribution in [2.24, 2.45) is 0 Å². The van der Waals surface area contributed by atoms with E-state index in [9.17, 15) is 9.59 Å². The summed E-state index contributed by atoms with van der Waals surface area (Å²) < 4.78 is 2.04. The highest BCUT2D eigenvalue weighted by Crippen LogP contribution is 2.15. The number of carbonyl (C=O) groups excluding carboxylic acids is 1. The number of aryl methyl sites for hydroxylation is 2. The lowest BCUT2D eigenvalue weighted by Gasteiger charge is -2.27. The van der Waals surface area contributed by atoms with Gasteiger partial charge < -0.3 is 10.3 Å². The molecule has 2 aromatic heterocycles. The SMILES string of the molecule is CCCCN1CCn2nc(CNC(=O)c3c(C)cc(=O)[nH]c3C)cc2C1. The van der Waals surface area contributed by atoms with Gasteiger partial charge in [-0.05, 0) is 38.4 Å². The molecule has 0 aliphatic carbocycles. The molecule has 0 spiro atoms. The van der Waals surface area contributed by atoms with Crippen molar-refractivity contribution in [2.45, 2.75) is 53.2 Å². The Morgan fingerprint density at radius 1 is 1.31 bits per heavy atom. The Morgan fingerprint density at radius 3 is 2.85 bits per heavy atom. The monoisotopic (exact) mass is 357 g/mol. The predicted molar refractivity (Wildman–Crippen MR) is 100 cm³/mol. The normalized spacial score (nSPS) is 14.3. The number of hydrogen-bond donors (Lipinski definition) is 2. The van der Waals surface area contributed by atoms with E-state index in [-0.39, 0.29) is 11.5 Å². The highest BCUT2D eigenvalue weighted by Gasteiger charge is 2.19. The van der Waals surface area contributed by atoms with Crippen molar-refractivity contribution < 1.29 is 4.79 Å². The maximum absolute atomic E-state index is 12.5. The van der Waals surface area contributed by atoms with E-state index in [1.807, 2.05) is 4.68 Å². The summed E-state index contributed by atoms with van der Waals surface area (Å²) in [7, 11) is 0. The number of fused-ring (bicyclic) bond motifs is 1. The minimum absolute atomic E-state index is 0.188. The summed E-state index contributed by atoms with van der Waals surface area (Å²) >= 11 is 0. The number of hydrogen-bond acceptors (Lipinski definition) is 4. The molecule has 1 aliphatic heterocycles. The molecule has 7 heteroatoms. The van der Waals surface area contributed by atoms with Gasteiger partial charge in [0.25, 0.3) is 5.91 Å². The first-order valence-electron chi connectivity index (χ1n) is 9.24. The summed E-state index contributed by atoms with van der Waals surface area (Å²) in [6.07, 6.45) is 2.42. The Labute approximate surface area is 153 Å². The molecule has 140 valence electrons. The first kappa shape index (κ1) is 18.4. The molecule has 0 bridgehead atoms. The van der Waals surface area contributed by atoms with Gasteiger partial charge in [0, 0.05) is 24.8 Å². The Hall–Kier alpha value is -2.41. The molecule has 0 fully saturated rings. The first-order chi connectivity index (χ1) is 12.5. The first-order valence-corrected chi connectivity index (χ1v) is 9.24. The van der Waals surface area contributed by atoms with Gasteiger partial charge in [0.05, 0.1) is 30.0 Å². The largest absolute Gasteiger partial charge is 0.346 e. The van der Waals surface area contributed by atoms with Crippen LogP contribution in [0.5, 0.6) is 0 Å². The van der Waals surface area contributed by atoms with Crippen molar-refractivity contribution in [3.63, 3.8) is 0 Å². The number of nitrogens with one attached hydrogen (secondary N) is 2. The van der Waals surface area contributed by atoms with Gasteiger partial charge in [-0.3, -0.25) is 19.2 Å². The number of aromatic amines is 1. The summed E-state index contributed by atoms with van der Waals surface area (Å²) in [4.78, 5) is 29.1. The quantitative estimate of drug-likeness (QED) is 0.825. The van der Waals surface area contributed by atoms with Crippen LogP contribution >= 0.6 is 0 Å². The molecule has 0 radical (unpaired) electrons. The van der Waals surface area contributed by atoms with Gasteiger partial charge in [0.2, 0.25) is 5.56 Å². The zero-order chi connectivity index (χ0) is 18.7. The van der Waals surface area contributed by atoms with Crippen molar-refractivity contribution >= 4 is 5.91 Å². The summed E-state index contributed by atoms with van der Waals surface area (Å²) in [6.45, 7) is 10.1. The number of rotatable bonds is 6. The molecule has 0 unspecified atom stereocenters. The minimum Gasteiger partial charge on any atom is -0.346 e. The average Bonchev–Trinajstić information content (AvgIpc) is 2.99. The summed E-state index contributed by atoms with van der Waals surface area (Å²) in [6, 6.07) is 3.52. The Bertz CT molecular complexity index is 826. The molecule has 1 amide bonds. The number of aromatic nitrogens is 3. The van der Waals surface area contributed by atoms with Crippen LogP contribution in [-0.4, -0.2) is 38.7 Å². The van der Waals surface area contributed by atoms with E-state index in [1.54, 1.807) is 13.8 Å². The Balaban J connectivity index is 1.64. The van der Waals surface area contributed by atoms with Crippen LogP contribution in [0.3, 0.4) is 0 Å². The molecule has 1 aliphatic rings. The molecule has 2 N–H and O–H groups in total. The zero-order valence-electron chi connectivity index (χ0n) is 15.8. The fraction of sp³-hybridized carbons (Fsp3) is 0.526. The van der Waals surface area contributed by atoms with Gasteiger partial charge in [0.15, 0.2) is 0 Å². The Kier molecular flexibility index (Phi) is 5.56. The van der Waals surface area contributed by atoms with Crippen molar-refractivity contribution in [1.29, 1.82) is 0 Å². The summed E-state index contributed by atoms with van der Waals surface area (Å²) in [5.41, 5.74) is 3.67. The number of unbranched alkanes of at least 4 members (excludes halogenated alkanes) is 1. The molecule has 0 saturated carbocycles. The lowest BCUT2D eigenvalue weighted by atomic mass is 10.1. The van der Waals surface area contributed by atoms with E-state index < -0.39 is 0 Å². The number of H-pyrrole nitrogens is 1. The molecular formula is C19H27N5O2. The molecular weight excluding hydrogens is 330 g/mol. The van der Waals surface area contributed by atoms with Crippen LogP contribution in [-0.2, 0) is 19.6 Å². The second kappa shape index (κ2) is 7.86. The molecule has 7 nitrogen and oxygen atoms in total. The van der Waals surface area contributed by atoms with Crippen LogP contribution in [0.25, 0.3) is 0 Å². The molecule has 0 atom stereocenters. The van der Waals surface area contributed by atoms with Crippen molar-refractivity contribution in [1.82, 2.24) is 25.0 Å². The fourth-order valence-corrected chi connectivity index (χ4v) is 3.50. The molecule has 3 heterocycles. The van der Waals surface area contributed by atoms with Gasteiger partial charge in [-0.15, -0.1) is 0 Å². The van der Waals surface area contributed by atoms with Gasteiger partial charge in [0.1, 0.15) is 0 Å². The van der Waals surface area contributed by atoms with Crippen LogP contribution in [0, 0.1) is 13.8 Å². The van der Waals surface area contributed by atoms with Crippen LogP contribution in [0.2, 0.25) is 0 Å². The molecule has 0 saturated heterocycles. The van der Waals surface area contributed by atoms with Gasteiger partial charge >= 0.3 is 0 Å². The van der Waals surface area contributed by atoms with Crippen LogP contribution in [0.15, 0.2) is 16.9 Å². The van der Waals surface area contributed by atoms with E-state index in [1.165, 1.54) is 24.6 Å². The highest BCUT2D eigenvalue weighted by atomic mass is 16.1. The lowest BCUT2D eigenvalue weighted by molar-refractivity contribution is 0.0948.